The van der Waals surface area contributed by atoms with E-state index in [1.807, 2.05) is 0 Å². The van der Waals surface area contributed by atoms with Gasteiger partial charge in [-0.2, -0.15) is 0 Å². The molecule has 0 aliphatic rings. The third-order valence-electron chi connectivity index (χ3n) is 1.45. The molecule has 0 bridgehead atoms. The number of terminal acetylenes is 1. The van der Waals surface area contributed by atoms with Crippen molar-refractivity contribution in [3.05, 3.63) is 0 Å². The Morgan fingerprint density at radius 3 is 2.69 bits per heavy atom. The highest BCUT2D eigenvalue weighted by Crippen LogP contribution is 2.41. The second kappa shape index (κ2) is 7.11. The highest BCUT2D eigenvalue weighted by Gasteiger charge is 2.16. The minimum absolute atomic E-state index is 0.228. The summed E-state index contributed by atoms with van der Waals surface area (Å²) in [4.78, 5) is 8.80. The molecule has 76 valence electrons. The van der Waals surface area contributed by atoms with Gasteiger partial charge in [0.15, 0.2) is 0 Å². The maximum Gasteiger partial charge on any atom is 0.471 e. The van der Waals surface area contributed by atoms with Crippen molar-refractivity contribution in [2.75, 3.05) is 13.7 Å². The number of phosphoric acid groups is 1. The van der Waals surface area contributed by atoms with Crippen LogP contribution < -0.4 is 0 Å². The standard InChI is InChI=1S/C8H15O4P/c1-3-4-5-6-7-8-12-13(9,10)11-2/h1H,4-8H2,2H3,(H,9,10). The van der Waals surface area contributed by atoms with E-state index in [1.54, 1.807) is 0 Å². The van der Waals surface area contributed by atoms with Gasteiger partial charge in [0.1, 0.15) is 0 Å². The first kappa shape index (κ1) is 12.7. The third-order valence-corrected chi connectivity index (χ3v) is 2.42. The molecule has 0 aromatic rings. The zero-order valence-electron chi connectivity index (χ0n) is 7.73. The van der Waals surface area contributed by atoms with Crippen LogP contribution in [0.5, 0.6) is 0 Å². The molecule has 0 aliphatic carbocycles. The average Bonchev–Trinajstić information content (AvgIpc) is 2.11. The van der Waals surface area contributed by atoms with Gasteiger partial charge in [-0.1, -0.05) is 6.42 Å². The predicted molar refractivity (Wildman–Crippen MR) is 50.1 cm³/mol. The van der Waals surface area contributed by atoms with Crippen LogP contribution in [0.25, 0.3) is 0 Å². The fourth-order valence-electron chi connectivity index (χ4n) is 0.739. The summed E-state index contributed by atoms with van der Waals surface area (Å²) in [6.07, 6.45) is 8.32. The van der Waals surface area contributed by atoms with Gasteiger partial charge in [0.2, 0.25) is 0 Å². The van der Waals surface area contributed by atoms with Crippen LogP contribution in [0.1, 0.15) is 25.7 Å². The Morgan fingerprint density at radius 2 is 2.15 bits per heavy atom. The molecule has 5 heteroatoms. The smallest absolute Gasteiger partial charge is 0.303 e. The predicted octanol–water partition coefficient (Wildman–Crippen LogP) is 1.94. The molecular weight excluding hydrogens is 191 g/mol. The van der Waals surface area contributed by atoms with Gasteiger partial charge in [-0.05, 0) is 12.8 Å². The van der Waals surface area contributed by atoms with E-state index >= 15 is 0 Å². The molecule has 0 aromatic carbocycles. The number of rotatable bonds is 7. The largest absolute Gasteiger partial charge is 0.471 e. The van der Waals surface area contributed by atoms with Crippen molar-refractivity contribution in [2.24, 2.45) is 0 Å². The van der Waals surface area contributed by atoms with Gasteiger partial charge >= 0.3 is 7.82 Å². The Hall–Kier alpha value is -0.330. The molecule has 0 heterocycles. The van der Waals surface area contributed by atoms with E-state index in [4.69, 9.17) is 11.3 Å². The van der Waals surface area contributed by atoms with E-state index in [-0.39, 0.29) is 6.61 Å². The molecule has 1 N–H and O–H groups in total. The maximum absolute atomic E-state index is 10.8. The van der Waals surface area contributed by atoms with Gasteiger partial charge in [0.05, 0.1) is 6.61 Å². The molecule has 1 atom stereocenters. The molecule has 1 unspecified atom stereocenters. The zero-order chi connectivity index (χ0) is 10.2. The summed E-state index contributed by atoms with van der Waals surface area (Å²) < 4.78 is 19.6. The lowest BCUT2D eigenvalue weighted by atomic mass is 10.2. The second-order valence-electron chi connectivity index (χ2n) is 2.50. The van der Waals surface area contributed by atoms with Crippen LogP contribution in [0.2, 0.25) is 0 Å². The molecule has 0 radical (unpaired) electrons. The van der Waals surface area contributed by atoms with Crippen molar-refractivity contribution >= 4 is 7.82 Å². The van der Waals surface area contributed by atoms with Crippen molar-refractivity contribution in [2.45, 2.75) is 25.7 Å². The molecule has 0 aromatic heterocycles. The molecule has 0 spiro atoms. The quantitative estimate of drug-likeness (QED) is 0.393. The van der Waals surface area contributed by atoms with Gasteiger partial charge in [-0.3, -0.25) is 9.05 Å². The molecule has 13 heavy (non-hydrogen) atoms. The lowest BCUT2D eigenvalue weighted by molar-refractivity contribution is 0.170. The van der Waals surface area contributed by atoms with Gasteiger partial charge in [-0.25, -0.2) is 4.57 Å². The molecule has 0 saturated carbocycles. The Kier molecular flexibility index (Phi) is 6.93. The Bertz CT molecular complexity index is 209. The Labute approximate surface area is 78.9 Å². The number of unbranched alkanes of at least 4 members (excludes halogenated alkanes) is 3. The number of hydrogen-bond acceptors (Lipinski definition) is 3. The summed E-state index contributed by atoms with van der Waals surface area (Å²) in [5.74, 6) is 2.52. The molecule has 0 saturated heterocycles. The van der Waals surface area contributed by atoms with E-state index < -0.39 is 7.82 Å². The van der Waals surface area contributed by atoms with Crippen molar-refractivity contribution < 1.29 is 18.5 Å². The number of phosphoric ester groups is 1. The molecule has 0 fully saturated rings. The highest BCUT2D eigenvalue weighted by atomic mass is 31.2. The average molecular weight is 206 g/mol. The third kappa shape index (κ3) is 8.01. The topological polar surface area (TPSA) is 55.8 Å². The summed E-state index contributed by atoms with van der Waals surface area (Å²) in [5.41, 5.74) is 0. The fourth-order valence-corrected chi connectivity index (χ4v) is 1.20. The zero-order valence-corrected chi connectivity index (χ0v) is 8.63. The monoisotopic (exact) mass is 206 g/mol. The fraction of sp³-hybridized carbons (Fsp3) is 0.750. The molecular formula is C8H15O4P. The normalized spacial score (nSPS) is 14.8. The summed E-state index contributed by atoms with van der Waals surface area (Å²) in [6.45, 7) is 0.228. The van der Waals surface area contributed by atoms with E-state index in [9.17, 15) is 4.57 Å². The van der Waals surface area contributed by atoms with Gasteiger partial charge < -0.3 is 4.89 Å². The molecule has 0 aliphatic heterocycles. The Morgan fingerprint density at radius 1 is 1.46 bits per heavy atom. The SMILES string of the molecule is C#CCCCCCOP(=O)(O)OC. The van der Waals surface area contributed by atoms with Crippen LogP contribution in [0, 0.1) is 12.3 Å². The van der Waals surface area contributed by atoms with Crippen LogP contribution in [0.15, 0.2) is 0 Å². The van der Waals surface area contributed by atoms with Crippen molar-refractivity contribution in [3.8, 4) is 12.3 Å². The summed E-state index contributed by atoms with van der Waals surface area (Å²) in [6, 6.07) is 0. The van der Waals surface area contributed by atoms with Crippen LogP contribution in [0.4, 0.5) is 0 Å². The van der Waals surface area contributed by atoms with Crippen molar-refractivity contribution in [3.63, 3.8) is 0 Å². The first-order valence-electron chi connectivity index (χ1n) is 4.09. The van der Waals surface area contributed by atoms with Crippen LogP contribution >= 0.6 is 7.82 Å². The van der Waals surface area contributed by atoms with E-state index in [2.05, 4.69) is 15.0 Å². The van der Waals surface area contributed by atoms with Gasteiger partial charge in [0, 0.05) is 13.5 Å². The first-order chi connectivity index (χ1) is 6.12. The highest BCUT2D eigenvalue weighted by molar-refractivity contribution is 7.47. The lowest BCUT2D eigenvalue weighted by Gasteiger charge is -2.07. The first-order valence-corrected chi connectivity index (χ1v) is 5.58. The summed E-state index contributed by atoms with van der Waals surface area (Å²) in [5, 5.41) is 0. The van der Waals surface area contributed by atoms with Crippen molar-refractivity contribution in [1.82, 2.24) is 0 Å². The van der Waals surface area contributed by atoms with Crippen LogP contribution in [-0.2, 0) is 13.6 Å². The van der Waals surface area contributed by atoms with Crippen LogP contribution in [0.3, 0.4) is 0 Å². The lowest BCUT2D eigenvalue weighted by Crippen LogP contribution is -1.94. The second-order valence-corrected chi connectivity index (χ2v) is 4.06. The summed E-state index contributed by atoms with van der Waals surface area (Å²) >= 11 is 0. The maximum atomic E-state index is 10.8. The van der Waals surface area contributed by atoms with E-state index in [1.165, 1.54) is 0 Å². The number of hydrogen-bond donors (Lipinski definition) is 1. The molecule has 0 amide bonds. The van der Waals surface area contributed by atoms with E-state index in [0.29, 0.717) is 0 Å². The van der Waals surface area contributed by atoms with E-state index in [0.717, 1.165) is 32.8 Å². The van der Waals surface area contributed by atoms with Crippen LogP contribution in [-0.4, -0.2) is 18.6 Å². The minimum Gasteiger partial charge on any atom is -0.303 e. The van der Waals surface area contributed by atoms with Gasteiger partial charge in [-0.15, -0.1) is 12.3 Å². The Balaban J connectivity index is 3.27. The molecule has 4 nitrogen and oxygen atoms in total. The minimum atomic E-state index is -3.77. The molecule has 0 rings (SSSR count). The van der Waals surface area contributed by atoms with Crippen molar-refractivity contribution in [1.29, 1.82) is 0 Å². The van der Waals surface area contributed by atoms with Gasteiger partial charge in [0.25, 0.3) is 0 Å². The summed E-state index contributed by atoms with van der Waals surface area (Å²) in [7, 11) is -2.63.